The number of halogens is 1. The second-order valence-corrected chi connectivity index (χ2v) is 3.83. The molecule has 0 aliphatic rings. The molecule has 11 heavy (non-hydrogen) atoms. The Morgan fingerprint density at radius 2 is 2.36 bits per heavy atom. The van der Waals surface area contributed by atoms with E-state index >= 15 is 0 Å². The highest BCUT2D eigenvalue weighted by Crippen LogP contribution is 1.98. The number of hydrogen-bond acceptors (Lipinski definition) is 2. The summed E-state index contributed by atoms with van der Waals surface area (Å²) < 4.78 is 5.98. The standard InChI is InChI=1S/C8H16BrNO/c1-7(6-11-3)4-10-5-8(2)9/h7,10H,2,4-6H2,1,3H3. The van der Waals surface area contributed by atoms with Crippen molar-refractivity contribution in [2.24, 2.45) is 5.92 Å². The second-order valence-electron chi connectivity index (χ2n) is 2.71. The fourth-order valence-corrected chi connectivity index (χ4v) is 0.996. The van der Waals surface area contributed by atoms with Gasteiger partial charge in [-0.05, 0) is 5.92 Å². The molecule has 3 heteroatoms. The van der Waals surface area contributed by atoms with Crippen LogP contribution in [-0.4, -0.2) is 26.8 Å². The van der Waals surface area contributed by atoms with Gasteiger partial charge in [0.2, 0.25) is 0 Å². The van der Waals surface area contributed by atoms with E-state index in [0.717, 1.165) is 24.2 Å². The van der Waals surface area contributed by atoms with Gasteiger partial charge in [0, 0.05) is 31.3 Å². The Hall–Kier alpha value is 0.140. The van der Waals surface area contributed by atoms with Crippen LogP contribution in [0.4, 0.5) is 0 Å². The summed E-state index contributed by atoms with van der Waals surface area (Å²) in [4.78, 5) is 0. The summed E-state index contributed by atoms with van der Waals surface area (Å²) in [6.45, 7) is 8.47. The Balaban J connectivity index is 3.16. The number of rotatable bonds is 6. The van der Waals surface area contributed by atoms with Gasteiger partial charge in [-0.25, -0.2) is 0 Å². The van der Waals surface area contributed by atoms with Gasteiger partial charge in [-0.2, -0.15) is 0 Å². The first-order valence-corrected chi connectivity index (χ1v) is 4.49. The van der Waals surface area contributed by atoms with Crippen molar-refractivity contribution < 1.29 is 4.74 Å². The van der Waals surface area contributed by atoms with Crippen molar-refractivity contribution in [3.63, 3.8) is 0 Å². The van der Waals surface area contributed by atoms with Crippen molar-refractivity contribution in [2.75, 3.05) is 26.8 Å². The zero-order chi connectivity index (χ0) is 8.69. The first-order chi connectivity index (χ1) is 5.16. The molecule has 0 radical (unpaired) electrons. The normalized spacial score (nSPS) is 13.0. The van der Waals surface area contributed by atoms with Crippen LogP contribution >= 0.6 is 15.9 Å². The highest BCUT2D eigenvalue weighted by atomic mass is 79.9. The Bertz CT molecular complexity index is 117. The zero-order valence-electron chi connectivity index (χ0n) is 7.19. The van der Waals surface area contributed by atoms with E-state index in [-0.39, 0.29) is 0 Å². The highest BCUT2D eigenvalue weighted by Gasteiger charge is 1.99. The van der Waals surface area contributed by atoms with E-state index in [4.69, 9.17) is 4.74 Å². The van der Waals surface area contributed by atoms with Crippen LogP contribution in [0.2, 0.25) is 0 Å². The lowest BCUT2D eigenvalue weighted by molar-refractivity contribution is 0.159. The molecule has 0 aromatic rings. The average Bonchev–Trinajstić information content (AvgIpc) is 1.87. The quantitative estimate of drug-likeness (QED) is 0.739. The van der Waals surface area contributed by atoms with E-state index in [1.165, 1.54) is 0 Å². The van der Waals surface area contributed by atoms with Crippen molar-refractivity contribution in [3.8, 4) is 0 Å². The minimum Gasteiger partial charge on any atom is -0.384 e. The van der Waals surface area contributed by atoms with Crippen molar-refractivity contribution in [1.82, 2.24) is 5.32 Å². The van der Waals surface area contributed by atoms with Gasteiger partial charge in [0.05, 0.1) is 0 Å². The molecule has 0 rings (SSSR count). The second kappa shape index (κ2) is 6.83. The molecule has 0 amide bonds. The van der Waals surface area contributed by atoms with Gasteiger partial charge in [0.25, 0.3) is 0 Å². The van der Waals surface area contributed by atoms with Gasteiger partial charge in [-0.15, -0.1) is 0 Å². The molecule has 0 fully saturated rings. The Morgan fingerprint density at radius 1 is 1.73 bits per heavy atom. The summed E-state index contributed by atoms with van der Waals surface area (Å²) in [7, 11) is 1.72. The van der Waals surface area contributed by atoms with Gasteiger partial charge in [-0.3, -0.25) is 0 Å². The minimum absolute atomic E-state index is 0.562. The molecule has 1 N–H and O–H groups in total. The molecule has 2 nitrogen and oxygen atoms in total. The Kier molecular flexibility index (Phi) is 6.91. The third-order valence-electron chi connectivity index (χ3n) is 1.26. The third kappa shape index (κ3) is 8.04. The van der Waals surface area contributed by atoms with Gasteiger partial charge in [0.15, 0.2) is 0 Å². The zero-order valence-corrected chi connectivity index (χ0v) is 8.78. The van der Waals surface area contributed by atoms with Crippen molar-refractivity contribution in [3.05, 3.63) is 11.1 Å². The molecule has 66 valence electrons. The Labute approximate surface area is 77.1 Å². The van der Waals surface area contributed by atoms with Crippen LogP contribution in [0.15, 0.2) is 11.1 Å². The highest BCUT2D eigenvalue weighted by molar-refractivity contribution is 9.11. The van der Waals surface area contributed by atoms with Crippen molar-refractivity contribution >= 4 is 15.9 Å². The van der Waals surface area contributed by atoms with Crippen molar-refractivity contribution in [1.29, 1.82) is 0 Å². The van der Waals surface area contributed by atoms with Crippen LogP contribution in [0.25, 0.3) is 0 Å². The van der Waals surface area contributed by atoms with Gasteiger partial charge >= 0.3 is 0 Å². The first kappa shape index (κ1) is 11.1. The van der Waals surface area contributed by atoms with E-state index in [2.05, 4.69) is 34.7 Å². The molecule has 0 aromatic carbocycles. The minimum atomic E-state index is 0.562. The molecule has 0 heterocycles. The van der Waals surface area contributed by atoms with Crippen LogP contribution in [0.5, 0.6) is 0 Å². The van der Waals surface area contributed by atoms with Crippen molar-refractivity contribution in [2.45, 2.75) is 6.92 Å². The van der Waals surface area contributed by atoms with Gasteiger partial charge < -0.3 is 10.1 Å². The first-order valence-electron chi connectivity index (χ1n) is 3.69. The molecule has 0 spiro atoms. The third-order valence-corrected chi connectivity index (χ3v) is 1.54. The van der Waals surface area contributed by atoms with Crippen LogP contribution in [-0.2, 0) is 4.74 Å². The smallest absolute Gasteiger partial charge is 0.0499 e. The SMILES string of the molecule is C=C(Br)CNCC(C)COC. The number of ether oxygens (including phenoxy) is 1. The molecular formula is C8H16BrNO. The molecule has 1 atom stereocenters. The summed E-state index contributed by atoms with van der Waals surface area (Å²) >= 11 is 3.28. The molecule has 0 bridgehead atoms. The number of nitrogens with one attached hydrogen (secondary N) is 1. The van der Waals surface area contributed by atoms with E-state index in [1.807, 2.05) is 0 Å². The van der Waals surface area contributed by atoms with Gasteiger partial charge in [0.1, 0.15) is 0 Å². The Morgan fingerprint density at radius 3 is 2.82 bits per heavy atom. The monoisotopic (exact) mass is 221 g/mol. The average molecular weight is 222 g/mol. The van der Waals surface area contributed by atoms with E-state index in [0.29, 0.717) is 5.92 Å². The molecule has 0 saturated heterocycles. The summed E-state index contributed by atoms with van der Waals surface area (Å²) in [6, 6.07) is 0. The molecular weight excluding hydrogens is 206 g/mol. The lowest BCUT2D eigenvalue weighted by Crippen LogP contribution is -2.24. The van der Waals surface area contributed by atoms with Crippen LogP contribution in [0.3, 0.4) is 0 Å². The lowest BCUT2D eigenvalue weighted by Gasteiger charge is -2.10. The van der Waals surface area contributed by atoms with Gasteiger partial charge in [-0.1, -0.05) is 29.4 Å². The van der Waals surface area contributed by atoms with E-state index in [1.54, 1.807) is 7.11 Å². The topological polar surface area (TPSA) is 21.3 Å². The summed E-state index contributed by atoms with van der Waals surface area (Å²) in [6.07, 6.45) is 0. The number of methoxy groups -OCH3 is 1. The lowest BCUT2D eigenvalue weighted by atomic mass is 10.2. The van der Waals surface area contributed by atoms with Crippen LogP contribution < -0.4 is 5.32 Å². The molecule has 0 aliphatic heterocycles. The summed E-state index contributed by atoms with van der Waals surface area (Å²) in [5.41, 5.74) is 0. The van der Waals surface area contributed by atoms with Crippen LogP contribution in [0.1, 0.15) is 6.92 Å². The predicted octanol–water partition coefficient (Wildman–Crippen LogP) is 1.77. The molecule has 1 unspecified atom stereocenters. The largest absolute Gasteiger partial charge is 0.384 e. The van der Waals surface area contributed by atoms with E-state index in [9.17, 15) is 0 Å². The fraction of sp³-hybridized carbons (Fsp3) is 0.750. The number of hydrogen-bond donors (Lipinski definition) is 1. The maximum atomic E-state index is 4.99. The maximum Gasteiger partial charge on any atom is 0.0499 e. The molecule has 0 aliphatic carbocycles. The maximum absolute atomic E-state index is 4.99. The predicted molar refractivity (Wildman–Crippen MR) is 52.0 cm³/mol. The fourth-order valence-electron chi connectivity index (χ4n) is 0.798. The van der Waals surface area contributed by atoms with Crippen LogP contribution in [0, 0.1) is 5.92 Å². The van der Waals surface area contributed by atoms with E-state index < -0.39 is 0 Å². The summed E-state index contributed by atoms with van der Waals surface area (Å²) in [5, 5.41) is 3.24. The summed E-state index contributed by atoms with van der Waals surface area (Å²) in [5.74, 6) is 0.562. The molecule has 0 aromatic heterocycles. The molecule has 0 saturated carbocycles.